The monoisotopic (exact) mass is 398 g/mol. The molecule has 0 nitrogen and oxygen atoms in total. The summed E-state index contributed by atoms with van der Waals surface area (Å²) < 4.78 is 0. The van der Waals surface area contributed by atoms with E-state index in [9.17, 15) is 0 Å². The van der Waals surface area contributed by atoms with E-state index in [4.69, 9.17) is 0 Å². The van der Waals surface area contributed by atoms with Crippen LogP contribution >= 0.6 is 0 Å². The van der Waals surface area contributed by atoms with Crippen LogP contribution in [0.5, 0.6) is 0 Å². The summed E-state index contributed by atoms with van der Waals surface area (Å²) in [5.41, 5.74) is 1.44. The second-order valence-corrected chi connectivity index (χ2v) is 5.73. The van der Waals surface area contributed by atoms with Gasteiger partial charge in [-0.2, -0.15) is 23.6 Å². The zero-order valence-corrected chi connectivity index (χ0v) is 16.7. The van der Waals surface area contributed by atoms with Crippen molar-refractivity contribution in [3.05, 3.63) is 84.4 Å². The van der Waals surface area contributed by atoms with Crippen LogP contribution in [0.4, 0.5) is 0 Å². The first-order valence-corrected chi connectivity index (χ1v) is 7.50. The van der Waals surface area contributed by atoms with Crippen molar-refractivity contribution in [2.75, 3.05) is 0 Å². The molecule has 0 fully saturated rings. The molecule has 0 saturated heterocycles. The van der Waals surface area contributed by atoms with Gasteiger partial charge in [0, 0.05) is 0 Å². The molecule has 23 heavy (non-hydrogen) atoms. The van der Waals surface area contributed by atoms with Gasteiger partial charge in [0.2, 0.25) is 0 Å². The van der Waals surface area contributed by atoms with Gasteiger partial charge in [-0.1, -0.05) is 26.0 Å². The maximum Gasteiger partial charge on any atom is 4.00 e. The van der Waals surface area contributed by atoms with E-state index in [2.05, 4.69) is 92.7 Å². The molecule has 116 valence electrons. The van der Waals surface area contributed by atoms with Crippen LogP contribution in [-0.4, -0.2) is 0 Å². The van der Waals surface area contributed by atoms with E-state index in [1.54, 1.807) is 0 Å². The minimum Gasteiger partial charge on any atom is -1.00 e. The quantitative estimate of drug-likeness (QED) is 0.430. The molecule has 0 saturated carbocycles. The van der Waals surface area contributed by atoms with Crippen LogP contribution in [0.3, 0.4) is 0 Å². The van der Waals surface area contributed by atoms with Crippen LogP contribution in [0.15, 0.2) is 78.9 Å². The first kappa shape index (κ1) is 19.9. The van der Waals surface area contributed by atoms with Crippen LogP contribution in [0, 0.1) is 0 Å². The second-order valence-electron chi connectivity index (χ2n) is 5.73. The maximum atomic E-state index is 2.28. The van der Waals surface area contributed by atoms with E-state index in [1.807, 2.05) is 0 Å². The predicted octanol–water partition coefficient (Wildman–Crippen LogP) is 3.35. The number of benzene rings is 2. The normalized spacial score (nSPS) is 9.87. The Hall–Kier alpha value is -1.17. The van der Waals surface area contributed by atoms with Gasteiger partial charge < -0.3 is 13.8 Å². The van der Waals surface area contributed by atoms with Crippen molar-refractivity contribution >= 4 is 21.5 Å². The third kappa shape index (κ3) is 4.90. The summed E-state index contributed by atoms with van der Waals surface area (Å²) in [6.07, 6.45) is 0. The third-order valence-corrected chi connectivity index (χ3v) is 3.85. The first-order valence-electron chi connectivity index (χ1n) is 7.50. The van der Waals surface area contributed by atoms with Crippen LogP contribution < -0.4 is 12.4 Å². The molecule has 0 unspecified atom stereocenters. The van der Waals surface area contributed by atoms with E-state index >= 15 is 0 Å². The van der Waals surface area contributed by atoms with Gasteiger partial charge in [0.25, 0.3) is 0 Å². The van der Waals surface area contributed by atoms with Gasteiger partial charge in [0.1, 0.15) is 0 Å². The van der Waals surface area contributed by atoms with E-state index < -0.39 is 0 Å². The minimum absolute atomic E-state index is 0. The number of fused-ring (bicyclic) bond motifs is 2. The fourth-order valence-corrected chi connectivity index (χ4v) is 2.58. The van der Waals surface area contributed by atoms with Crippen LogP contribution in [0.1, 0.15) is 26.8 Å². The van der Waals surface area contributed by atoms with Gasteiger partial charge in [-0.25, -0.2) is 0 Å². The maximum absolute atomic E-state index is 2.28. The number of halogens is 1. The Morgan fingerprint density at radius 1 is 0.826 bits per heavy atom. The Bertz CT molecular complexity index is 782. The molecule has 0 N–H and O–H groups in total. The molecule has 0 bridgehead atoms. The van der Waals surface area contributed by atoms with Crippen LogP contribution in [0.2, 0.25) is 0 Å². The average molecular weight is 400 g/mol. The molecule has 4 rings (SSSR count). The summed E-state index contributed by atoms with van der Waals surface area (Å²) in [4.78, 5) is 0. The zero-order valence-electron chi connectivity index (χ0n) is 14.5. The molecular formula is C21H21ClZr. The molecule has 0 aromatic heterocycles. The molecule has 0 heterocycles. The van der Waals surface area contributed by atoms with Crippen molar-refractivity contribution in [2.24, 2.45) is 0 Å². The van der Waals surface area contributed by atoms with Crippen molar-refractivity contribution in [3.63, 3.8) is 0 Å². The standard InChI is InChI=1S/C12H13.C9H7.ClH.Zr.H/c1-9(2)12-7-10-5-3-4-6-11(10)8-12;1-2-5-9-7-3-6-8(9)4-1;;;/h3-9H,1-2H3;1-7H;1H;;/q2*-1;;+4;-1/p-1. The van der Waals surface area contributed by atoms with E-state index in [0.29, 0.717) is 5.92 Å². The SMILES string of the molecule is CC(C)c1cc2ccccc2[cH-]1.[Cl-].[H-].[Zr+4].c1ccc2[cH-]ccc2c1. The van der Waals surface area contributed by atoms with Gasteiger partial charge in [0.05, 0.1) is 0 Å². The van der Waals surface area contributed by atoms with Crippen molar-refractivity contribution in [3.8, 4) is 0 Å². The predicted molar refractivity (Wildman–Crippen MR) is 94.3 cm³/mol. The molecule has 0 spiro atoms. The molecule has 0 aliphatic heterocycles. The van der Waals surface area contributed by atoms with Crippen molar-refractivity contribution in [1.82, 2.24) is 0 Å². The molecule has 0 atom stereocenters. The number of rotatable bonds is 1. The van der Waals surface area contributed by atoms with E-state index in [0.717, 1.165) is 0 Å². The third-order valence-electron chi connectivity index (χ3n) is 3.85. The molecule has 0 aliphatic rings. The minimum atomic E-state index is 0. The summed E-state index contributed by atoms with van der Waals surface area (Å²) in [6, 6.07) is 27.7. The van der Waals surface area contributed by atoms with Gasteiger partial charge >= 0.3 is 26.2 Å². The molecule has 0 aliphatic carbocycles. The van der Waals surface area contributed by atoms with Gasteiger partial charge in [-0.05, 0) is 5.92 Å². The van der Waals surface area contributed by atoms with Gasteiger partial charge in [0.15, 0.2) is 0 Å². The second kappa shape index (κ2) is 9.21. The van der Waals surface area contributed by atoms with E-state index in [-0.39, 0.29) is 40.0 Å². The Morgan fingerprint density at radius 3 is 2.04 bits per heavy atom. The zero-order chi connectivity index (χ0) is 14.7. The summed E-state index contributed by atoms with van der Waals surface area (Å²) in [7, 11) is 0. The van der Waals surface area contributed by atoms with Gasteiger partial charge in [-0.15, -0.1) is 70.3 Å². The van der Waals surface area contributed by atoms with Crippen molar-refractivity contribution in [1.29, 1.82) is 0 Å². The summed E-state index contributed by atoms with van der Waals surface area (Å²) in [5.74, 6) is 0.636. The Balaban J connectivity index is 0.000000402. The van der Waals surface area contributed by atoms with Crippen LogP contribution in [-0.2, 0) is 26.2 Å². The summed E-state index contributed by atoms with van der Waals surface area (Å²) in [5, 5.41) is 5.39. The van der Waals surface area contributed by atoms with Crippen molar-refractivity contribution < 1.29 is 40.0 Å². The molecule has 4 aromatic carbocycles. The first-order chi connectivity index (χ1) is 10.2. The Labute approximate surface area is 165 Å². The Morgan fingerprint density at radius 2 is 1.43 bits per heavy atom. The molecule has 2 heteroatoms. The van der Waals surface area contributed by atoms with Crippen LogP contribution in [0.25, 0.3) is 21.5 Å². The Kier molecular flexibility index (Phi) is 7.96. The molecule has 0 amide bonds. The number of hydrogen-bond acceptors (Lipinski definition) is 0. The largest absolute Gasteiger partial charge is 4.00 e. The van der Waals surface area contributed by atoms with Gasteiger partial charge in [-0.3, -0.25) is 0 Å². The summed E-state index contributed by atoms with van der Waals surface area (Å²) in [6.45, 7) is 4.46. The van der Waals surface area contributed by atoms with Crippen molar-refractivity contribution in [2.45, 2.75) is 19.8 Å². The summed E-state index contributed by atoms with van der Waals surface area (Å²) >= 11 is 0. The fraction of sp³-hybridized carbons (Fsp3) is 0.143. The van der Waals surface area contributed by atoms with E-state index in [1.165, 1.54) is 27.1 Å². The molecule has 4 aromatic rings. The molecular weight excluding hydrogens is 379 g/mol. The number of hydrogen-bond donors (Lipinski definition) is 0. The smallest absolute Gasteiger partial charge is 1.00 e. The fourth-order valence-electron chi connectivity index (χ4n) is 2.58. The topological polar surface area (TPSA) is 0 Å². The molecule has 0 radical (unpaired) electrons. The average Bonchev–Trinajstić information content (AvgIpc) is 3.14.